The maximum atomic E-state index is 14.3. The second-order valence-corrected chi connectivity index (χ2v) is 15.7. The van der Waals surface area contributed by atoms with E-state index in [1.165, 1.54) is 14.0 Å². The first-order chi connectivity index (χ1) is 21.8. The van der Waals surface area contributed by atoms with E-state index in [1.54, 1.807) is 45.0 Å². The summed E-state index contributed by atoms with van der Waals surface area (Å²) in [5.41, 5.74) is -9.65. The van der Waals surface area contributed by atoms with Crippen molar-refractivity contribution in [2.24, 2.45) is 28.1 Å². The molecule has 14 heteroatoms. The Morgan fingerprint density at radius 3 is 2.23 bits per heavy atom. The van der Waals surface area contributed by atoms with Gasteiger partial charge in [-0.3, -0.25) is 4.79 Å². The zero-order valence-electron chi connectivity index (χ0n) is 27.5. The minimum absolute atomic E-state index is 0.108. The van der Waals surface area contributed by atoms with Gasteiger partial charge in [-0.2, -0.15) is 0 Å². The lowest BCUT2D eigenvalue weighted by atomic mass is 9.51. The number of carbonyl (C=O) groups is 4. The van der Waals surface area contributed by atoms with Crippen molar-refractivity contribution in [1.82, 2.24) is 5.32 Å². The molecule has 4 saturated heterocycles. The van der Waals surface area contributed by atoms with Crippen LogP contribution < -0.4 is 10.1 Å². The third-order valence-corrected chi connectivity index (χ3v) is 11.2. The van der Waals surface area contributed by atoms with E-state index in [4.69, 9.17) is 33.2 Å². The standard InChI is InChI=1S/C33H41NO13/c1-14-23(36)44-21-19(35)31-20-17(43-27(39)34-29(5,6)7)18(28(2,3)4)30(31)22(42-13-15-9-11-16(41-8)12-10-15)24(37)46-26(30)47-33(31,25(38)45-20)32(14,21)40/h9-12,14,17-22,26,35,40H,13H2,1-8H3,(H,34,39)/t14-,17-,18+,19+,20?,21?,22+,26?,30?,31?,32-,33?/m1/s1. The van der Waals surface area contributed by atoms with Crippen LogP contribution in [0, 0.1) is 28.1 Å². The molecular weight excluding hydrogens is 618 g/mol. The van der Waals surface area contributed by atoms with Crippen LogP contribution in [-0.2, 0) is 49.4 Å². The number of aliphatic hydroxyl groups excluding tert-OH is 1. The van der Waals surface area contributed by atoms with Gasteiger partial charge in [-0.25, -0.2) is 14.4 Å². The summed E-state index contributed by atoms with van der Waals surface area (Å²) in [6.07, 6.45) is -10.2. The van der Waals surface area contributed by atoms with Crippen molar-refractivity contribution in [3.05, 3.63) is 29.8 Å². The highest BCUT2D eigenvalue weighted by molar-refractivity contribution is 5.94. The number of rotatable bonds is 5. The summed E-state index contributed by atoms with van der Waals surface area (Å²) < 4.78 is 41.9. The van der Waals surface area contributed by atoms with Crippen LogP contribution in [0.5, 0.6) is 5.75 Å². The minimum atomic E-state index is -2.46. The quantitative estimate of drug-likeness (QED) is 0.304. The molecular formula is C33H41NO13. The molecule has 6 unspecified atom stereocenters. The fraction of sp³-hybridized carbons (Fsp3) is 0.697. The van der Waals surface area contributed by atoms with Crippen LogP contribution in [0.1, 0.15) is 54.0 Å². The van der Waals surface area contributed by atoms with Crippen LogP contribution in [0.15, 0.2) is 24.3 Å². The number of carbonyl (C=O) groups excluding carboxylic acids is 4. The molecule has 6 fully saturated rings. The second-order valence-electron chi connectivity index (χ2n) is 15.7. The number of amides is 1. The molecule has 0 bridgehead atoms. The highest BCUT2D eigenvalue weighted by atomic mass is 16.8. The van der Waals surface area contributed by atoms with E-state index in [1.807, 2.05) is 20.8 Å². The Bertz CT molecular complexity index is 1550. The van der Waals surface area contributed by atoms with E-state index < -0.39 is 106 Å². The Kier molecular flexibility index (Phi) is 6.54. The molecule has 14 nitrogen and oxygen atoms in total. The molecule has 7 rings (SSSR count). The van der Waals surface area contributed by atoms with Gasteiger partial charge in [-0.05, 0) is 50.8 Å². The van der Waals surface area contributed by atoms with Gasteiger partial charge in [0.25, 0.3) is 0 Å². The number of ether oxygens (including phenoxy) is 7. The Hall–Kier alpha value is -3.46. The number of esters is 3. The molecule has 3 N–H and O–H groups in total. The number of aliphatic hydroxyl groups is 2. The van der Waals surface area contributed by atoms with E-state index in [2.05, 4.69) is 5.32 Å². The van der Waals surface area contributed by atoms with E-state index in [-0.39, 0.29) is 6.61 Å². The lowest BCUT2D eigenvalue weighted by Gasteiger charge is -2.48. The van der Waals surface area contributed by atoms with Crippen LogP contribution in [0.25, 0.3) is 0 Å². The van der Waals surface area contributed by atoms with Gasteiger partial charge in [0.15, 0.2) is 23.9 Å². The maximum absolute atomic E-state index is 14.3. The van der Waals surface area contributed by atoms with Crippen molar-refractivity contribution in [3.63, 3.8) is 0 Å². The highest BCUT2D eigenvalue weighted by Crippen LogP contribution is 2.85. The van der Waals surface area contributed by atoms with Gasteiger partial charge in [0.05, 0.1) is 30.5 Å². The molecule has 2 spiro atoms. The average molecular weight is 660 g/mol. The number of hydrogen-bond donors (Lipinski definition) is 3. The Balaban J connectivity index is 1.45. The zero-order valence-corrected chi connectivity index (χ0v) is 27.5. The largest absolute Gasteiger partial charge is 0.497 e. The first kappa shape index (κ1) is 32.1. The summed E-state index contributed by atoms with van der Waals surface area (Å²) in [5.74, 6) is -4.46. The SMILES string of the molecule is COc1ccc(CO[C@H]2C(=O)OC3OC45C(=O)OC6[C@H](OC(=O)NC(C)(C)C)[C@@H](C(C)(C)C)C32C64[C@@H](O)C2OC(=O)[C@@H](C)[C@@]25O)cc1. The second kappa shape index (κ2) is 9.58. The number of fused-ring (bicyclic) bond motifs is 1. The van der Waals surface area contributed by atoms with Gasteiger partial charge in [0.1, 0.15) is 18.0 Å². The van der Waals surface area contributed by atoms with Crippen LogP contribution in [-0.4, -0.2) is 94.9 Å². The van der Waals surface area contributed by atoms with Gasteiger partial charge >= 0.3 is 24.0 Å². The molecule has 2 saturated carbocycles. The topological polar surface area (TPSA) is 185 Å². The van der Waals surface area contributed by atoms with Crippen molar-refractivity contribution >= 4 is 24.0 Å². The molecule has 1 aromatic rings. The lowest BCUT2D eigenvalue weighted by Crippen LogP contribution is -2.67. The van der Waals surface area contributed by atoms with Crippen molar-refractivity contribution < 1.29 is 62.5 Å². The third kappa shape index (κ3) is 3.54. The molecule has 2 aliphatic carbocycles. The van der Waals surface area contributed by atoms with E-state index >= 15 is 0 Å². The molecule has 256 valence electrons. The summed E-state index contributed by atoms with van der Waals surface area (Å²) in [6.45, 7) is 12.1. The van der Waals surface area contributed by atoms with Gasteiger partial charge in [0.2, 0.25) is 11.9 Å². The molecule has 47 heavy (non-hydrogen) atoms. The van der Waals surface area contributed by atoms with Crippen LogP contribution in [0.3, 0.4) is 0 Å². The third-order valence-electron chi connectivity index (χ3n) is 11.2. The predicted octanol–water partition coefficient (Wildman–Crippen LogP) is 1.37. The first-order valence-corrected chi connectivity index (χ1v) is 15.8. The molecule has 1 aromatic carbocycles. The minimum Gasteiger partial charge on any atom is -0.497 e. The van der Waals surface area contributed by atoms with Crippen LogP contribution in [0.2, 0.25) is 0 Å². The normalized spacial score (nSPS) is 44.3. The van der Waals surface area contributed by atoms with Crippen LogP contribution in [0.4, 0.5) is 4.79 Å². The zero-order chi connectivity index (χ0) is 34.3. The fourth-order valence-corrected chi connectivity index (χ4v) is 9.89. The number of benzene rings is 1. The Morgan fingerprint density at radius 1 is 0.979 bits per heavy atom. The molecule has 0 aromatic heterocycles. The Morgan fingerprint density at radius 2 is 1.64 bits per heavy atom. The summed E-state index contributed by atoms with van der Waals surface area (Å²) in [7, 11) is 1.54. The molecule has 4 heterocycles. The number of nitrogens with one attached hydrogen (secondary N) is 1. The van der Waals surface area contributed by atoms with Gasteiger partial charge in [-0.15, -0.1) is 0 Å². The molecule has 12 atom stereocenters. The van der Waals surface area contributed by atoms with Gasteiger partial charge in [0, 0.05) is 11.5 Å². The Labute approximate surface area is 271 Å². The van der Waals surface area contributed by atoms with Gasteiger partial charge < -0.3 is 48.7 Å². The van der Waals surface area contributed by atoms with Crippen LogP contribution >= 0.6 is 0 Å². The van der Waals surface area contributed by atoms with E-state index in [0.29, 0.717) is 11.3 Å². The smallest absolute Gasteiger partial charge is 0.407 e. The predicted molar refractivity (Wildman–Crippen MR) is 156 cm³/mol. The molecule has 6 aliphatic rings. The summed E-state index contributed by atoms with van der Waals surface area (Å²) in [5, 5.41) is 27.8. The van der Waals surface area contributed by atoms with E-state index in [0.717, 1.165) is 0 Å². The molecule has 4 aliphatic heterocycles. The molecule has 1 amide bonds. The van der Waals surface area contributed by atoms with Crippen molar-refractivity contribution in [2.75, 3.05) is 7.11 Å². The summed E-state index contributed by atoms with van der Waals surface area (Å²) in [6, 6.07) is 6.97. The number of alkyl carbamates (subject to hydrolysis) is 1. The number of methoxy groups -OCH3 is 1. The van der Waals surface area contributed by atoms with Crippen molar-refractivity contribution in [2.45, 2.75) is 109 Å². The molecule has 0 radical (unpaired) electrons. The van der Waals surface area contributed by atoms with Crippen molar-refractivity contribution in [3.8, 4) is 5.75 Å². The summed E-state index contributed by atoms with van der Waals surface area (Å²) >= 11 is 0. The fourth-order valence-electron chi connectivity index (χ4n) is 9.89. The number of hydrogen-bond acceptors (Lipinski definition) is 13. The van der Waals surface area contributed by atoms with E-state index in [9.17, 15) is 29.4 Å². The summed E-state index contributed by atoms with van der Waals surface area (Å²) in [4.78, 5) is 54.7. The lowest BCUT2D eigenvalue weighted by molar-refractivity contribution is -0.240. The first-order valence-electron chi connectivity index (χ1n) is 15.8. The highest BCUT2D eigenvalue weighted by Gasteiger charge is 3.05. The van der Waals surface area contributed by atoms with Gasteiger partial charge in [-0.1, -0.05) is 32.9 Å². The maximum Gasteiger partial charge on any atom is 0.407 e. The average Bonchev–Trinajstić information content (AvgIpc) is 3.67. The van der Waals surface area contributed by atoms with Crippen molar-refractivity contribution in [1.29, 1.82) is 0 Å². The monoisotopic (exact) mass is 659 g/mol.